The van der Waals surface area contributed by atoms with E-state index in [2.05, 4.69) is 20.2 Å². The zero-order valence-electron chi connectivity index (χ0n) is 18.1. The van der Waals surface area contributed by atoms with Gasteiger partial charge in [-0.1, -0.05) is 11.6 Å². The first-order chi connectivity index (χ1) is 15.5. The van der Waals surface area contributed by atoms with Gasteiger partial charge in [-0.3, -0.25) is 10.1 Å². The molecule has 1 aromatic heterocycles. The zero-order chi connectivity index (χ0) is 22.7. The highest BCUT2D eigenvalue weighted by Gasteiger charge is 2.26. The molecule has 172 valence electrons. The Balaban J connectivity index is 1.65. The fraction of sp³-hybridized carbons (Fsp3) is 0.500. The molecule has 2 aromatic rings. The highest BCUT2D eigenvalue weighted by molar-refractivity contribution is 6.32. The quantitative estimate of drug-likeness (QED) is 0.506. The molecule has 0 unspecified atom stereocenters. The van der Waals surface area contributed by atoms with E-state index in [4.69, 9.17) is 21.1 Å². The molecule has 0 atom stereocenters. The van der Waals surface area contributed by atoms with Crippen LogP contribution in [0.1, 0.15) is 0 Å². The number of aromatic nitrogens is 2. The minimum absolute atomic E-state index is 0.000203. The molecular formula is C20H26ClN7O4. The van der Waals surface area contributed by atoms with Crippen molar-refractivity contribution in [2.24, 2.45) is 0 Å². The molecule has 2 aliphatic heterocycles. The minimum atomic E-state index is -0.375. The molecule has 12 heteroatoms. The van der Waals surface area contributed by atoms with Crippen LogP contribution in [-0.4, -0.2) is 86.4 Å². The summed E-state index contributed by atoms with van der Waals surface area (Å²) in [6.45, 7) is 5.61. The number of nitrogens with zero attached hydrogens (tertiary/aromatic N) is 6. The molecule has 0 bridgehead atoms. The van der Waals surface area contributed by atoms with Crippen molar-refractivity contribution in [3.8, 4) is 5.75 Å². The van der Waals surface area contributed by atoms with Crippen LogP contribution in [0.25, 0.3) is 0 Å². The van der Waals surface area contributed by atoms with Crippen LogP contribution in [0, 0.1) is 10.1 Å². The van der Waals surface area contributed by atoms with Gasteiger partial charge in [-0.25, -0.2) is 4.98 Å². The Hall–Kier alpha value is -2.89. The number of hydrogen-bond acceptors (Lipinski definition) is 10. The van der Waals surface area contributed by atoms with Crippen LogP contribution in [-0.2, 0) is 4.74 Å². The lowest BCUT2D eigenvalue weighted by Crippen LogP contribution is -2.44. The van der Waals surface area contributed by atoms with E-state index in [-0.39, 0.29) is 16.6 Å². The molecule has 0 radical (unpaired) electrons. The van der Waals surface area contributed by atoms with Gasteiger partial charge in [-0.15, -0.1) is 0 Å². The van der Waals surface area contributed by atoms with Gasteiger partial charge in [0, 0.05) is 51.4 Å². The number of ether oxygens (including phenoxy) is 2. The van der Waals surface area contributed by atoms with Gasteiger partial charge in [0.15, 0.2) is 5.82 Å². The largest absolute Gasteiger partial charge is 0.494 e. The normalized spacial score (nSPS) is 17.3. The summed E-state index contributed by atoms with van der Waals surface area (Å²) in [7, 11) is 3.57. The third-order valence-electron chi connectivity index (χ3n) is 5.62. The number of hydrogen-bond donors (Lipinski definition) is 1. The molecule has 0 spiro atoms. The molecule has 1 N–H and O–H groups in total. The van der Waals surface area contributed by atoms with E-state index < -0.39 is 0 Å². The van der Waals surface area contributed by atoms with Gasteiger partial charge in [0.05, 0.1) is 37.1 Å². The summed E-state index contributed by atoms with van der Waals surface area (Å²) in [4.78, 5) is 26.5. The third kappa shape index (κ3) is 4.79. The lowest BCUT2D eigenvalue weighted by Gasteiger charge is -2.34. The predicted molar refractivity (Wildman–Crippen MR) is 123 cm³/mol. The van der Waals surface area contributed by atoms with E-state index in [9.17, 15) is 10.1 Å². The number of likely N-dealkylation sites (N-methyl/N-ethyl adjacent to an activating group) is 1. The standard InChI is InChI=1S/C20H26ClN7O4/c1-25-3-5-26(6-4-25)16-12-18(31-2)15(11-17(16)28(29)30)23-20-22-13-14(21)19(24-20)27-7-9-32-10-8-27/h11-13H,3-10H2,1-2H3,(H,22,23,24). The lowest BCUT2D eigenvalue weighted by molar-refractivity contribution is -0.384. The molecule has 3 heterocycles. The molecule has 0 saturated carbocycles. The molecule has 2 fully saturated rings. The van der Waals surface area contributed by atoms with Gasteiger partial charge < -0.3 is 29.5 Å². The molecule has 2 saturated heterocycles. The summed E-state index contributed by atoms with van der Waals surface area (Å²) in [5.74, 6) is 1.34. The second-order valence-electron chi connectivity index (χ2n) is 7.68. The van der Waals surface area contributed by atoms with Crippen molar-refractivity contribution in [1.29, 1.82) is 0 Å². The highest BCUT2D eigenvalue weighted by Crippen LogP contribution is 2.39. The van der Waals surface area contributed by atoms with Gasteiger partial charge in [0.25, 0.3) is 5.69 Å². The predicted octanol–water partition coefficient (Wildman–Crippen LogP) is 2.38. The number of piperazine rings is 1. The van der Waals surface area contributed by atoms with Crippen LogP contribution in [0.4, 0.5) is 28.8 Å². The molecule has 0 aliphatic carbocycles. The van der Waals surface area contributed by atoms with Gasteiger partial charge in [-0.05, 0) is 7.05 Å². The average Bonchev–Trinajstić information content (AvgIpc) is 2.81. The maximum absolute atomic E-state index is 11.9. The summed E-state index contributed by atoms with van der Waals surface area (Å²) in [5.41, 5.74) is 0.948. The summed E-state index contributed by atoms with van der Waals surface area (Å²) in [6, 6.07) is 3.17. The Morgan fingerprint density at radius 2 is 1.88 bits per heavy atom. The van der Waals surface area contributed by atoms with Crippen LogP contribution in [0.15, 0.2) is 18.3 Å². The maximum Gasteiger partial charge on any atom is 0.294 e. The van der Waals surface area contributed by atoms with Crippen LogP contribution >= 0.6 is 11.6 Å². The number of halogens is 1. The topological polar surface area (TPSA) is 109 Å². The van der Waals surface area contributed by atoms with Gasteiger partial charge in [-0.2, -0.15) is 4.98 Å². The maximum atomic E-state index is 11.9. The van der Waals surface area contributed by atoms with E-state index in [1.807, 2.05) is 16.8 Å². The fourth-order valence-electron chi connectivity index (χ4n) is 3.81. The summed E-state index contributed by atoms with van der Waals surface area (Å²) < 4.78 is 10.9. The molecule has 0 amide bonds. The van der Waals surface area contributed by atoms with Crippen LogP contribution in [0.3, 0.4) is 0 Å². The Kier molecular flexibility index (Phi) is 6.77. The van der Waals surface area contributed by atoms with E-state index >= 15 is 0 Å². The lowest BCUT2D eigenvalue weighted by atomic mass is 10.1. The molecule has 4 rings (SSSR count). The number of nitrogens with one attached hydrogen (secondary N) is 1. The molecule has 1 aromatic carbocycles. The van der Waals surface area contributed by atoms with Crippen molar-refractivity contribution in [3.63, 3.8) is 0 Å². The average molecular weight is 464 g/mol. The van der Waals surface area contributed by atoms with Crippen LogP contribution < -0.4 is 19.9 Å². The fourth-order valence-corrected chi connectivity index (χ4v) is 4.02. The Morgan fingerprint density at radius 1 is 1.16 bits per heavy atom. The second-order valence-corrected chi connectivity index (χ2v) is 8.09. The summed E-state index contributed by atoms with van der Waals surface area (Å²) in [5, 5.41) is 15.4. The van der Waals surface area contributed by atoms with E-state index in [1.54, 1.807) is 6.07 Å². The monoisotopic (exact) mass is 463 g/mol. The van der Waals surface area contributed by atoms with Gasteiger partial charge in [0.1, 0.15) is 16.5 Å². The van der Waals surface area contributed by atoms with E-state index in [0.29, 0.717) is 67.4 Å². The highest BCUT2D eigenvalue weighted by atomic mass is 35.5. The molecule has 11 nitrogen and oxygen atoms in total. The van der Waals surface area contributed by atoms with Crippen molar-refractivity contribution in [2.45, 2.75) is 0 Å². The molecule has 32 heavy (non-hydrogen) atoms. The SMILES string of the molecule is COc1cc(N2CCN(C)CC2)c([N+](=O)[O-])cc1Nc1ncc(Cl)c(N2CCOCC2)n1. The van der Waals surface area contributed by atoms with Crippen molar-refractivity contribution in [1.82, 2.24) is 14.9 Å². The van der Waals surface area contributed by atoms with Crippen molar-refractivity contribution in [2.75, 3.05) is 81.8 Å². The van der Waals surface area contributed by atoms with Gasteiger partial charge in [0.2, 0.25) is 5.95 Å². The summed E-state index contributed by atoms with van der Waals surface area (Å²) >= 11 is 6.32. The number of nitro groups is 1. The first kappa shape index (κ1) is 22.3. The molecular weight excluding hydrogens is 438 g/mol. The summed E-state index contributed by atoms with van der Waals surface area (Å²) in [6.07, 6.45) is 1.52. The third-order valence-corrected chi connectivity index (χ3v) is 5.89. The van der Waals surface area contributed by atoms with Gasteiger partial charge >= 0.3 is 0 Å². The number of anilines is 4. The van der Waals surface area contributed by atoms with Crippen molar-refractivity contribution in [3.05, 3.63) is 33.5 Å². The second kappa shape index (κ2) is 9.72. The van der Waals surface area contributed by atoms with Crippen molar-refractivity contribution >= 4 is 40.4 Å². The minimum Gasteiger partial charge on any atom is -0.494 e. The van der Waals surface area contributed by atoms with Crippen LogP contribution in [0.5, 0.6) is 5.75 Å². The number of nitro benzene ring substituents is 1. The Morgan fingerprint density at radius 3 is 2.53 bits per heavy atom. The first-order valence-corrected chi connectivity index (χ1v) is 10.8. The van der Waals surface area contributed by atoms with Crippen molar-refractivity contribution < 1.29 is 14.4 Å². The first-order valence-electron chi connectivity index (χ1n) is 10.4. The molecule has 2 aliphatic rings. The number of methoxy groups -OCH3 is 1. The number of rotatable bonds is 6. The Bertz CT molecular complexity index is 979. The van der Waals surface area contributed by atoms with E-state index in [1.165, 1.54) is 19.4 Å². The van der Waals surface area contributed by atoms with Crippen LogP contribution in [0.2, 0.25) is 5.02 Å². The number of morpholine rings is 1. The zero-order valence-corrected chi connectivity index (χ0v) is 18.8. The smallest absolute Gasteiger partial charge is 0.294 e. The van der Waals surface area contributed by atoms with E-state index in [0.717, 1.165) is 13.1 Å². The number of benzene rings is 1. The Labute approximate surface area is 191 Å².